The molecule has 0 saturated heterocycles. The fourth-order valence-electron chi connectivity index (χ4n) is 2.82. The van der Waals surface area contributed by atoms with Crippen LogP contribution in [0.3, 0.4) is 0 Å². The normalized spacial score (nSPS) is 10.5. The number of methoxy groups -OCH3 is 1. The number of hydrogen-bond donors (Lipinski definition) is 3. The number of aromatic nitrogens is 3. The zero-order valence-corrected chi connectivity index (χ0v) is 15.6. The number of nitrogen functional groups attached to an aromatic ring is 1. The van der Waals surface area contributed by atoms with E-state index < -0.39 is 11.4 Å². The van der Waals surface area contributed by atoms with Gasteiger partial charge >= 0.3 is 0 Å². The fourth-order valence-corrected chi connectivity index (χ4v) is 2.82. The maximum absolute atomic E-state index is 13.2. The van der Waals surface area contributed by atoms with E-state index in [1.807, 2.05) is 24.3 Å². The molecule has 1 aromatic carbocycles. The van der Waals surface area contributed by atoms with Crippen LogP contribution in [-0.4, -0.2) is 34.5 Å². The molecule has 0 fully saturated rings. The average Bonchev–Trinajstić information content (AvgIpc) is 2.69. The van der Waals surface area contributed by atoms with Crippen LogP contribution in [0.2, 0.25) is 0 Å². The van der Waals surface area contributed by atoms with Crippen molar-refractivity contribution < 1.29 is 4.74 Å². The van der Waals surface area contributed by atoms with Crippen molar-refractivity contribution in [1.82, 2.24) is 14.5 Å². The van der Waals surface area contributed by atoms with Crippen LogP contribution in [0.25, 0.3) is 11.4 Å². The smallest absolute Gasteiger partial charge is 0.267 e. The number of hydrogen-bond acceptors (Lipinski definition) is 7. The van der Waals surface area contributed by atoms with E-state index in [1.165, 1.54) is 9.58 Å². The molecule has 5 N–H and O–H groups in total. The molecule has 9 heteroatoms. The molecule has 0 aliphatic rings. The van der Waals surface area contributed by atoms with Gasteiger partial charge in [0.25, 0.3) is 5.56 Å². The van der Waals surface area contributed by atoms with Gasteiger partial charge in [0.1, 0.15) is 23.0 Å². The van der Waals surface area contributed by atoms with Crippen LogP contribution < -0.4 is 26.9 Å². The quantitative estimate of drug-likeness (QED) is 0.251. The SMILES string of the molecule is COc1ccc(Cn2c(-c3ccncc3)nc(N(C)N)c(C(=N)N)c2=O)cc1. The molecular formula is C19H21N7O2. The molecule has 144 valence electrons. The lowest BCUT2D eigenvalue weighted by molar-refractivity contribution is 0.414. The number of benzene rings is 1. The van der Waals surface area contributed by atoms with Gasteiger partial charge in [-0.05, 0) is 29.8 Å². The molecular weight excluding hydrogens is 358 g/mol. The Hall–Kier alpha value is -3.72. The minimum Gasteiger partial charge on any atom is -0.497 e. The Kier molecular flexibility index (Phi) is 5.37. The predicted molar refractivity (Wildman–Crippen MR) is 107 cm³/mol. The summed E-state index contributed by atoms with van der Waals surface area (Å²) in [4.78, 5) is 21.8. The van der Waals surface area contributed by atoms with Gasteiger partial charge in [-0.25, -0.2) is 10.8 Å². The number of hydrazine groups is 1. The molecule has 0 spiro atoms. The van der Waals surface area contributed by atoms with E-state index in [2.05, 4.69) is 9.97 Å². The summed E-state index contributed by atoms with van der Waals surface area (Å²) >= 11 is 0. The highest BCUT2D eigenvalue weighted by Gasteiger charge is 2.21. The molecule has 2 aromatic heterocycles. The first kappa shape index (κ1) is 19.1. The molecule has 3 rings (SSSR count). The van der Waals surface area contributed by atoms with Gasteiger partial charge in [-0.1, -0.05) is 12.1 Å². The first-order valence-electron chi connectivity index (χ1n) is 8.43. The van der Waals surface area contributed by atoms with Gasteiger partial charge in [0, 0.05) is 25.0 Å². The largest absolute Gasteiger partial charge is 0.497 e. The van der Waals surface area contributed by atoms with Crippen LogP contribution in [0.4, 0.5) is 5.82 Å². The van der Waals surface area contributed by atoms with Crippen molar-refractivity contribution in [3.8, 4) is 17.1 Å². The molecule has 0 saturated carbocycles. The maximum Gasteiger partial charge on any atom is 0.267 e. The number of rotatable bonds is 6. The highest BCUT2D eigenvalue weighted by atomic mass is 16.5. The first-order valence-corrected chi connectivity index (χ1v) is 8.43. The minimum absolute atomic E-state index is 0.0451. The van der Waals surface area contributed by atoms with Crippen LogP contribution in [0.15, 0.2) is 53.6 Å². The Morgan fingerprint density at radius 2 is 1.86 bits per heavy atom. The number of anilines is 1. The minimum atomic E-state index is -0.447. The summed E-state index contributed by atoms with van der Waals surface area (Å²) in [5, 5.41) is 9.01. The average molecular weight is 379 g/mol. The highest BCUT2D eigenvalue weighted by molar-refractivity contribution is 5.99. The number of nitrogens with zero attached hydrogens (tertiary/aromatic N) is 4. The zero-order chi connectivity index (χ0) is 20.3. The third-order valence-corrected chi connectivity index (χ3v) is 4.19. The summed E-state index contributed by atoms with van der Waals surface area (Å²) in [6.07, 6.45) is 3.23. The zero-order valence-electron chi connectivity index (χ0n) is 15.6. The summed E-state index contributed by atoms with van der Waals surface area (Å²) in [7, 11) is 3.13. The summed E-state index contributed by atoms with van der Waals surface area (Å²) in [6.45, 7) is 0.238. The Balaban J connectivity index is 2.24. The Bertz CT molecular complexity index is 1040. The van der Waals surface area contributed by atoms with Crippen LogP contribution >= 0.6 is 0 Å². The maximum atomic E-state index is 13.2. The number of nitrogens with one attached hydrogen (secondary N) is 1. The molecule has 0 aliphatic heterocycles. The van der Waals surface area contributed by atoms with Crippen molar-refractivity contribution in [2.75, 3.05) is 19.2 Å². The van der Waals surface area contributed by atoms with Crippen LogP contribution in [0, 0.1) is 5.41 Å². The van der Waals surface area contributed by atoms with Crippen molar-refractivity contribution in [1.29, 1.82) is 5.41 Å². The molecule has 0 aliphatic carbocycles. The molecule has 0 radical (unpaired) electrons. The second-order valence-corrected chi connectivity index (χ2v) is 6.13. The van der Waals surface area contributed by atoms with Crippen molar-refractivity contribution in [3.05, 3.63) is 70.3 Å². The summed E-state index contributed by atoms with van der Waals surface area (Å²) in [5.41, 5.74) is 6.73. The number of nitrogens with two attached hydrogens (primary N) is 2. The van der Waals surface area contributed by atoms with Crippen LogP contribution in [-0.2, 0) is 6.54 Å². The summed E-state index contributed by atoms with van der Waals surface area (Å²) in [5.74, 6) is 6.71. The highest BCUT2D eigenvalue weighted by Crippen LogP contribution is 2.21. The van der Waals surface area contributed by atoms with E-state index in [0.717, 1.165) is 5.56 Å². The lowest BCUT2D eigenvalue weighted by Crippen LogP contribution is -2.38. The topological polar surface area (TPSA) is 136 Å². The van der Waals surface area contributed by atoms with Crippen LogP contribution in [0.1, 0.15) is 11.1 Å². The Labute approximate surface area is 161 Å². The number of amidine groups is 1. The predicted octanol–water partition coefficient (Wildman–Crippen LogP) is 0.956. The Morgan fingerprint density at radius 3 is 2.39 bits per heavy atom. The van der Waals surface area contributed by atoms with Crippen LogP contribution in [0.5, 0.6) is 5.75 Å². The van der Waals surface area contributed by atoms with Crippen molar-refractivity contribution in [3.63, 3.8) is 0 Å². The number of pyridine rings is 1. The van der Waals surface area contributed by atoms with Gasteiger partial charge in [0.05, 0.1) is 13.7 Å². The standard InChI is InChI=1S/C19H21N7O2/c1-25(22)18-15(16(20)21)19(27)26(11-12-3-5-14(28-2)6-4-12)17(24-18)13-7-9-23-10-8-13/h3-10H,11,22H2,1-2H3,(H3,20,21). The molecule has 28 heavy (non-hydrogen) atoms. The van der Waals surface area contributed by atoms with Crippen molar-refractivity contribution in [2.45, 2.75) is 6.54 Å². The third-order valence-electron chi connectivity index (χ3n) is 4.19. The van der Waals surface area contributed by atoms with Gasteiger partial charge in [0.15, 0.2) is 5.82 Å². The van der Waals surface area contributed by atoms with Gasteiger partial charge in [-0.15, -0.1) is 0 Å². The molecule has 0 bridgehead atoms. The number of ether oxygens (including phenoxy) is 1. The molecule has 0 unspecified atom stereocenters. The molecule has 9 nitrogen and oxygen atoms in total. The molecule has 0 atom stereocenters. The second kappa shape index (κ2) is 7.89. The van der Waals surface area contributed by atoms with E-state index in [-0.39, 0.29) is 17.9 Å². The van der Waals surface area contributed by atoms with E-state index >= 15 is 0 Å². The molecule has 2 heterocycles. The fraction of sp³-hybridized carbons (Fsp3) is 0.158. The second-order valence-electron chi connectivity index (χ2n) is 6.13. The van der Waals surface area contributed by atoms with Gasteiger partial charge in [0.2, 0.25) is 0 Å². The van der Waals surface area contributed by atoms with E-state index in [1.54, 1.807) is 38.7 Å². The summed E-state index contributed by atoms with van der Waals surface area (Å²) in [6, 6.07) is 10.8. The third kappa shape index (κ3) is 3.69. The van der Waals surface area contributed by atoms with E-state index in [4.69, 9.17) is 21.7 Å². The van der Waals surface area contributed by atoms with E-state index in [9.17, 15) is 4.79 Å². The lowest BCUT2D eigenvalue weighted by Gasteiger charge is -2.20. The van der Waals surface area contributed by atoms with Gasteiger partial charge < -0.3 is 10.5 Å². The Morgan fingerprint density at radius 1 is 1.21 bits per heavy atom. The van der Waals surface area contributed by atoms with Crippen molar-refractivity contribution in [2.24, 2.45) is 11.6 Å². The van der Waals surface area contributed by atoms with E-state index in [0.29, 0.717) is 17.1 Å². The van der Waals surface area contributed by atoms with Crippen molar-refractivity contribution >= 4 is 11.7 Å². The molecule has 3 aromatic rings. The van der Waals surface area contributed by atoms with Gasteiger partial charge in [-0.3, -0.25) is 24.8 Å². The summed E-state index contributed by atoms with van der Waals surface area (Å²) < 4.78 is 6.65. The monoisotopic (exact) mass is 379 g/mol. The first-order chi connectivity index (χ1) is 13.4. The van der Waals surface area contributed by atoms with Gasteiger partial charge in [-0.2, -0.15) is 0 Å². The molecule has 0 amide bonds. The lowest BCUT2D eigenvalue weighted by atomic mass is 10.1.